The number of hydrogen-bond acceptors (Lipinski definition) is 6. The van der Waals surface area contributed by atoms with E-state index in [1.54, 1.807) is 17.0 Å². The minimum Gasteiger partial charge on any atom is -0.459 e. The number of carbonyl (C=O) groups is 2. The third-order valence-electron chi connectivity index (χ3n) is 5.98. The first-order valence-corrected chi connectivity index (χ1v) is 12.3. The molecule has 0 spiro atoms. The predicted molar refractivity (Wildman–Crippen MR) is 115 cm³/mol. The molecule has 9 heteroatoms. The van der Waals surface area contributed by atoms with E-state index in [1.165, 1.54) is 6.26 Å². The van der Waals surface area contributed by atoms with E-state index in [4.69, 9.17) is 4.42 Å². The fourth-order valence-electron chi connectivity index (χ4n) is 4.28. The van der Waals surface area contributed by atoms with Gasteiger partial charge in [-0.15, -0.1) is 0 Å². The van der Waals surface area contributed by atoms with Crippen molar-refractivity contribution < 1.29 is 22.4 Å². The van der Waals surface area contributed by atoms with Gasteiger partial charge in [0.25, 0.3) is 5.91 Å². The third-order valence-corrected chi connectivity index (χ3v) is 7.73. The van der Waals surface area contributed by atoms with Crippen molar-refractivity contribution in [1.82, 2.24) is 15.1 Å². The van der Waals surface area contributed by atoms with Crippen molar-refractivity contribution in [2.45, 2.75) is 24.9 Å². The van der Waals surface area contributed by atoms with E-state index in [-0.39, 0.29) is 29.2 Å². The quantitative estimate of drug-likeness (QED) is 0.711. The van der Waals surface area contributed by atoms with E-state index in [1.807, 2.05) is 30.3 Å². The van der Waals surface area contributed by atoms with Crippen LogP contribution in [0.1, 0.15) is 22.5 Å². The van der Waals surface area contributed by atoms with Gasteiger partial charge >= 0.3 is 0 Å². The zero-order chi connectivity index (χ0) is 21.8. The van der Waals surface area contributed by atoms with Crippen LogP contribution in [0.4, 0.5) is 0 Å². The Labute approximate surface area is 182 Å². The first-order valence-electron chi connectivity index (χ1n) is 10.5. The van der Waals surface area contributed by atoms with E-state index in [0.717, 1.165) is 5.56 Å². The van der Waals surface area contributed by atoms with Gasteiger partial charge in [-0.1, -0.05) is 30.3 Å². The van der Waals surface area contributed by atoms with E-state index in [9.17, 15) is 18.0 Å². The molecule has 1 N–H and O–H groups in total. The summed E-state index contributed by atoms with van der Waals surface area (Å²) in [6.07, 6.45) is 2.46. The summed E-state index contributed by atoms with van der Waals surface area (Å²) in [6, 6.07) is 12.1. The molecule has 1 aromatic heterocycles. The molecule has 0 unspecified atom stereocenters. The molecular formula is C22H27N3O5S. The van der Waals surface area contributed by atoms with Crippen LogP contribution in [0, 0.1) is 0 Å². The van der Waals surface area contributed by atoms with Gasteiger partial charge in [0.05, 0.1) is 17.8 Å². The SMILES string of the molecule is O=C(N[C@@H](Cc1ccccc1)C(=O)N1CCN([C@H]2CCS(=O)(=O)C2)CC1)c1ccco1. The van der Waals surface area contributed by atoms with E-state index < -0.39 is 21.8 Å². The fourth-order valence-corrected chi connectivity index (χ4v) is 6.04. The van der Waals surface area contributed by atoms with E-state index in [0.29, 0.717) is 39.0 Å². The maximum atomic E-state index is 13.3. The van der Waals surface area contributed by atoms with Crippen molar-refractivity contribution in [2.24, 2.45) is 0 Å². The van der Waals surface area contributed by atoms with Gasteiger partial charge in [-0.25, -0.2) is 8.42 Å². The van der Waals surface area contributed by atoms with Crippen LogP contribution in [0.5, 0.6) is 0 Å². The van der Waals surface area contributed by atoms with Crippen LogP contribution in [0.3, 0.4) is 0 Å². The molecule has 0 bridgehead atoms. The number of sulfone groups is 1. The van der Waals surface area contributed by atoms with Gasteiger partial charge in [-0.05, 0) is 24.1 Å². The smallest absolute Gasteiger partial charge is 0.287 e. The first-order chi connectivity index (χ1) is 14.9. The number of benzene rings is 1. The van der Waals surface area contributed by atoms with Crippen molar-refractivity contribution in [2.75, 3.05) is 37.7 Å². The highest BCUT2D eigenvalue weighted by molar-refractivity contribution is 7.91. The number of piperazine rings is 1. The molecular weight excluding hydrogens is 418 g/mol. The van der Waals surface area contributed by atoms with Crippen LogP contribution < -0.4 is 5.32 Å². The molecule has 1 aromatic carbocycles. The highest BCUT2D eigenvalue weighted by atomic mass is 32.2. The van der Waals surface area contributed by atoms with Crippen LogP contribution in [-0.2, 0) is 21.1 Å². The lowest BCUT2D eigenvalue weighted by Crippen LogP contribution is -2.57. The number of amides is 2. The van der Waals surface area contributed by atoms with Gasteiger partial charge in [-0.2, -0.15) is 0 Å². The van der Waals surface area contributed by atoms with Crippen molar-refractivity contribution in [3.63, 3.8) is 0 Å². The van der Waals surface area contributed by atoms with Crippen molar-refractivity contribution in [3.05, 3.63) is 60.1 Å². The minimum atomic E-state index is -2.94. The Morgan fingerprint density at radius 1 is 1.06 bits per heavy atom. The molecule has 166 valence electrons. The van der Waals surface area contributed by atoms with Crippen LogP contribution in [-0.4, -0.2) is 79.8 Å². The van der Waals surface area contributed by atoms with Gasteiger partial charge in [0, 0.05) is 38.6 Å². The fraction of sp³-hybridized carbons (Fsp3) is 0.455. The largest absolute Gasteiger partial charge is 0.459 e. The molecule has 2 aromatic rings. The lowest BCUT2D eigenvalue weighted by molar-refractivity contribution is -0.135. The highest BCUT2D eigenvalue weighted by Gasteiger charge is 2.35. The van der Waals surface area contributed by atoms with Gasteiger partial charge in [0.2, 0.25) is 5.91 Å². The molecule has 2 saturated heterocycles. The summed E-state index contributed by atoms with van der Waals surface area (Å²) in [7, 11) is -2.94. The summed E-state index contributed by atoms with van der Waals surface area (Å²) in [6.45, 7) is 2.29. The standard InChI is InChI=1S/C22H27N3O5S/c26-21(20-7-4-13-30-20)23-19(15-17-5-2-1-3-6-17)22(27)25-11-9-24(10-12-25)18-8-14-31(28,29)16-18/h1-7,13,18-19H,8-12,14-16H2,(H,23,26)/t18-,19-/m0/s1. The summed E-state index contributed by atoms with van der Waals surface area (Å²) >= 11 is 0. The summed E-state index contributed by atoms with van der Waals surface area (Å²) in [4.78, 5) is 29.8. The summed E-state index contributed by atoms with van der Waals surface area (Å²) in [5, 5.41) is 2.83. The Morgan fingerprint density at radius 3 is 2.42 bits per heavy atom. The lowest BCUT2D eigenvalue weighted by Gasteiger charge is -2.39. The topological polar surface area (TPSA) is 99.9 Å². The molecule has 2 amide bonds. The number of hydrogen-bond donors (Lipinski definition) is 1. The molecule has 2 atom stereocenters. The first kappa shape index (κ1) is 21.6. The average molecular weight is 446 g/mol. The Morgan fingerprint density at radius 2 is 1.81 bits per heavy atom. The zero-order valence-corrected chi connectivity index (χ0v) is 18.1. The lowest BCUT2D eigenvalue weighted by atomic mass is 10.0. The maximum absolute atomic E-state index is 13.3. The molecule has 31 heavy (non-hydrogen) atoms. The average Bonchev–Trinajstić information content (AvgIpc) is 3.43. The Kier molecular flexibility index (Phi) is 6.43. The van der Waals surface area contributed by atoms with Gasteiger partial charge in [-0.3, -0.25) is 14.5 Å². The zero-order valence-electron chi connectivity index (χ0n) is 17.3. The molecule has 0 radical (unpaired) electrons. The number of nitrogens with one attached hydrogen (secondary N) is 1. The molecule has 2 fully saturated rings. The Bertz CT molecular complexity index is 999. The van der Waals surface area contributed by atoms with Crippen LogP contribution in [0.2, 0.25) is 0 Å². The van der Waals surface area contributed by atoms with Gasteiger partial charge < -0.3 is 14.6 Å². The summed E-state index contributed by atoms with van der Waals surface area (Å²) in [5.74, 6) is 0.0561. The predicted octanol–water partition coefficient (Wildman–Crippen LogP) is 0.952. The molecule has 2 aliphatic heterocycles. The molecule has 8 nitrogen and oxygen atoms in total. The monoisotopic (exact) mass is 445 g/mol. The third kappa shape index (κ3) is 5.34. The maximum Gasteiger partial charge on any atom is 0.287 e. The van der Waals surface area contributed by atoms with Crippen LogP contribution >= 0.6 is 0 Å². The van der Waals surface area contributed by atoms with E-state index in [2.05, 4.69) is 10.2 Å². The minimum absolute atomic E-state index is 0.0426. The molecule has 2 aliphatic rings. The summed E-state index contributed by atoms with van der Waals surface area (Å²) < 4.78 is 28.7. The van der Waals surface area contributed by atoms with Gasteiger partial charge in [0.15, 0.2) is 15.6 Å². The van der Waals surface area contributed by atoms with Crippen molar-refractivity contribution in [3.8, 4) is 0 Å². The van der Waals surface area contributed by atoms with Crippen LogP contribution in [0.15, 0.2) is 53.1 Å². The van der Waals surface area contributed by atoms with Crippen LogP contribution in [0.25, 0.3) is 0 Å². The van der Waals surface area contributed by atoms with Gasteiger partial charge in [0.1, 0.15) is 6.04 Å². The second-order valence-corrected chi connectivity index (χ2v) is 10.3. The Balaban J connectivity index is 1.41. The molecule has 0 saturated carbocycles. The second-order valence-electron chi connectivity index (χ2n) is 8.11. The number of furan rings is 1. The Hall–Kier alpha value is -2.65. The number of carbonyl (C=O) groups excluding carboxylic acids is 2. The second kappa shape index (κ2) is 9.23. The molecule has 0 aliphatic carbocycles. The van der Waals surface area contributed by atoms with Crippen molar-refractivity contribution in [1.29, 1.82) is 0 Å². The van der Waals surface area contributed by atoms with Crippen molar-refractivity contribution >= 4 is 21.7 Å². The number of rotatable bonds is 6. The van der Waals surface area contributed by atoms with E-state index >= 15 is 0 Å². The summed E-state index contributed by atoms with van der Waals surface area (Å²) in [5.41, 5.74) is 0.954. The number of nitrogens with zero attached hydrogens (tertiary/aromatic N) is 2. The molecule has 4 rings (SSSR count). The highest BCUT2D eigenvalue weighted by Crippen LogP contribution is 2.20. The normalized spacial score (nSPS) is 22.2. The molecule has 3 heterocycles.